The van der Waals surface area contributed by atoms with Crippen molar-refractivity contribution in [1.82, 2.24) is 0 Å². The quantitative estimate of drug-likeness (QED) is 0.662. The molecule has 0 heterocycles. The fraction of sp³-hybridized carbons (Fsp3) is 0.286. The van der Waals surface area contributed by atoms with E-state index in [9.17, 15) is 0 Å². The van der Waals surface area contributed by atoms with E-state index < -0.39 is 0 Å². The largest absolute Gasteiger partial charge is 0.0625 e. The fourth-order valence-corrected chi connectivity index (χ4v) is 1.81. The van der Waals surface area contributed by atoms with Crippen molar-refractivity contribution in [3.05, 3.63) is 48.0 Å². The molecule has 0 spiro atoms. The Morgan fingerprint density at radius 3 is 1.93 bits per heavy atom. The SMILES string of the molecule is CC(C)Cc1ccc2cccc-2cc1. The summed E-state index contributed by atoms with van der Waals surface area (Å²) < 4.78 is 0. The maximum Gasteiger partial charge on any atom is -0.0184 e. The second-order valence-electron chi connectivity index (χ2n) is 4.28. The van der Waals surface area contributed by atoms with Gasteiger partial charge in [0, 0.05) is 0 Å². The molecule has 0 aliphatic heterocycles. The minimum absolute atomic E-state index is 0.728. The van der Waals surface area contributed by atoms with E-state index in [1.54, 1.807) is 0 Å². The Balaban J connectivity index is 2.36. The maximum atomic E-state index is 2.26. The third-order valence-corrected chi connectivity index (χ3v) is 2.48. The van der Waals surface area contributed by atoms with Gasteiger partial charge in [0.15, 0.2) is 0 Å². The number of rotatable bonds is 2. The van der Waals surface area contributed by atoms with Crippen molar-refractivity contribution in [3.63, 3.8) is 0 Å². The first-order chi connectivity index (χ1) is 6.75. The van der Waals surface area contributed by atoms with Gasteiger partial charge in [-0.25, -0.2) is 0 Å². The highest BCUT2D eigenvalue weighted by molar-refractivity contribution is 5.65. The lowest BCUT2D eigenvalue weighted by Crippen LogP contribution is -1.91. The highest BCUT2D eigenvalue weighted by atomic mass is 14.1. The molecule has 14 heavy (non-hydrogen) atoms. The van der Waals surface area contributed by atoms with Crippen LogP contribution in [0.1, 0.15) is 19.4 Å². The second kappa shape index (κ2) is 3.83. The van der Waals surface area contributed by atoms with Crippen molar-refractivity contribution in [2.24, 2.45) is 5.92 Å². The average molecular weight is 184 g/mol. The second-order valence-corrected chi connectivity index (χ2v) is 4.28. The maximum absolute atomic E-state index is 2.26. The number of fused-ring (bicyclic) bond motifs is 1. The van der Waals surface area contributed by atoms with E-state index >= 15 is 0 Å². The molecule has 72 valence electrons. The zero-order valence-electron chi connectivity index (χ0n) is 8.83. The molecule has 0 saturated carbocycles. The minimum Gasteiger partial charge on any atom is -0.0625 e. The summed E-state index contributed by atoms with van der Waals surface area (Å²) in [5.41, 5.74) is 4.09. The van der Waals surface area contributed by atoms with Crippen molar-refractivity contribution in [3.8, 4) is 11.1 Å². The molecule has 2 rings (SSSR count). The summed E-state index contributed by atoms with van der Waals surface area (Å²) in [6, 6.07) is 15.3. The summed E-state index contributed by atoms with van der Waals surface area (Å²) in [7, 11) is 0. The summed E-state index contributed by atoms with van der Waals surface area (Å²) in [4.78, 5) is 0. The smallest absolute Gasteiger partial charge is 0.0184 e. The molecular weight excluding hydrogens is 168 g/mol. The summed E-state index contributed by atoms with van der Waals surface area (Å²) >= 11 is 0. The van der Waals surface area contributed by atoms with Crippen LogP contribution in [0.3, 0.4) is 0 Å². The Morgan fingerprint density at radius 1 is 0.857 bits per heavy atom. The molecule has 0 saturated heterocycles. The molecule has 0 bridgehead atoms. The van der Waals surface area contributed by atoms with Gasteiger partial charge in [-0.05, 0) is 29.0 Å². The highest BCUT2D eigenvalue weighted by Gasteiger charge is 2.00. The molecule has 0 radical (unpaired) electrons. The van der Waals surface area contributed by atoms with Crippen LogP contribution in [0, 0.1) is 5.92 Å². The monoisotopic (exact) mass is 184 g/mol. The zero-order chi connectivity index (χ0) is 9.97. The van der Waals surface area contributed by atoms with Crippen LogP contribution in [-0.2, 0) is 6.42 Å². The van der Waals surface area contributed by atoms with Gasteiger partial charge < -0.3 is 0 Å². The Morgan fingerprint density at radius 2 is 1.43 bits per heavy atom. The van der Waals surface area contributed by atoms with E-state index in [0.29, 0.717) is 0 Å². The van der Waals surface area contributed by atoms with Crippen molar-refractivity contribution < 1.29 is 0 Å². The third-order valence-electron chi connectivity index (χ3n) is 2.48. The van der Waals surface area contributed by atoms with Crippen LogP contribution in [0.2, 0.25) is 0 Å². The standard InChI is InChI=1S/C14H16/c1-11(2)10-12-6-8-13-4-3-5-14(13)9-7-12/h3-9,11H,10H2,1-2H3. The van der Waals surface area contributed by atoms with Gasteiger partial charge in [-0.2, -0.15) is 0 Å². The summed E-state index contributed by atoms with van der Waals surface area (Å²) in [5, 5.41) is 0. The average Bonchev–Trinajstić information content (AvgIpc) is 2.50. The molecule has 0 unspecified atom stereocenters. The first-order valence-corrected chi connectivity index (χ1v) is 5.23. The lowest BCUT2D eigenvalue weighted by Gasteiger charge is -2.00. The van der Waals surface area contributed by atoms with Crippen LogP contribution in [0.5, 0.6) is 0 Å². The van der Waals surface area contributed by atoms with Crippen molar-refractivity contribution in [1.29, 1.82) is 0 Å². The summed E-state index contributed by atoms with van der Waals surface area (Å²) in [5.74, 6) is 0.728. The Labute approximate surface area is 85.9 Å². The predicted molar refractivity (Wildman–Crippen MR) is 61.6 cm³/mol. The van der Waals surface area contributed by atoms with Gasteiger partial charge in [0.1, 0.15) is 0 Å². The molecule has 0 atom stereocenters. The third kappa shape index (κ3) is 1.95. The van der Waals surface area contributed by atoms with E-state index in [1.165, 1.54) is 16.7 Å². The number of hydrogen-bond donors (Lipinski definition) is 0. The van der Waals surface area contributed by atoms with E-state index in [-0.39, 0.29) is 0 Å². The van der Waals surface area contributed by atoms with Gasteiger partial charge in [0.2, 0.25) is 0 Å². The van der Waals surface area contributed by atoms with Crippen LogP contribution in [-0.4, -0.2) is 0 Å². The van der Waals surface area contributed by atoms with Crippen LogP contribution in [0.25, 0.3) is 11.1 Å². The fourth-order valence-electron chi connectivity index (χ4n) is 1.81. The molecule has 0 heteroatoms. The predicted octanol–water partition coefficient (Wildman–Crippen LogP) is 3.99. The van der Waals surface area contributed by atoms with Gasteiger partial charge in [-0.3, -0.25) is 0 Å². The lowest BCUT2D eigenvalue weighted by atomic mass is 10.1. The van der Waals surface area contributed by atoms with E-state index in [0.717, 1.165) is 12.3 Å². The Bertz CT molecular complexity index is 357. The zero-order valence-corrected chi connectivity index (χ0v) is 8.83. The lowest BCUT2D eigenvalue weighted by molar-refractivity contribution is 0.648. The topological polar surface area (TPSA) is 0 Å². The molecule has 0 nitrogen and oxygen atoms in total. The first kappa shape index (κ1) is 9.26. The highest BCUT2D eigenvalue weighted by Crippen LogP contribution is 2.22. The molecule has 0 amide bonds. The van der Waals surface area contributed by atoms with E-state index in [1.807, 2.05) is 0 Å². The van der Waals surface area contributed by atoms with Crippen molar-refractivity contribution >= 4 is 0 Å². The molecular formula is C14H16. The number of hydrogen-bond acceptors (Lipinski definition) is 0. The van der Waals surface area contributed by atoms with Crippen LogP contribution < -0.4 is 0 Å². The van der Waals surface area contributed by atoms with Gasteiger partial charge >= 0.3 is 0 Å². The molecule has 0 aromatic carbocycles. The summed E-state index contributed by atoms with van der Waals surface area (Å²) in [6.45, 7) is 4.51. The molecule has 0 aromatic rings. The molecule has 0 fully saturated rings. The molecule has 2 aliphatic rings. The normalized spacial score (nSPS) is 11.1. The Kier molecular flexibility index (Phi) is 2.53. The van der Waals surface area contributed by atoms with Crippen LogP contribution >= 0.6 is 0 Å². The van der Waals surface area contributed by atoms with Gasteiger partial charge in [0.25, 0.3) is 0 Å². The van der Waals surface area contributed by atoms with E-state index in [4.69, 9.17) is 0 Å². The van der Waals surface area contributed by atoms with E-state index in [2.05, 4.69) is 56.3 Å². The van der Waals surface area contributed by atoms with Gasteiger partial charge in [-0.15, -0.1) is 0 Å². The van der Waals surface area contributed by atoms with Gasteiger partial charge in [-0.1, -0.05) is 56.3 Å². The molecule has 2 aliphatic carbocycles. The van der Waals surface area contributed by atoms with Crippen molar-refractivity contribution in [2.75, 3.05) is 0 Å². The summed E-state index contributed by atoms with van der Waals surface area (Å²) in [6.07, 6.45) is 1.16. The first-order valence-electron chi connectivity index (χ1n) is 5.23. The Hall–Kier alpha value is -1.30. The molecule has 0 N–H and O–H groups in total. The minimum atomic E-state index is 0.728. The van der Waals surface area contributed by atoms with Crippen LogP contribution in [0.15, 0.2) is 42.5 Å². The van der Waals surface area contributed by atoms with Gasteiger partial charge in [0.05, 0.1) is 0 Å². The molecule has 0 aromatic heterocycles. The van der Waals surface area contributed by atoms with Crippen molar-refractivity contribution in [2.45, 2.75) is 20.3 Å². The van der Waals surface area contributed by atoms with Crippen LogP contribution in [0.4, 0.5) is 0 Å².